The molecule has 0 atom stereocenters. The topological polar surface area (TPSA) is 82.2 Å². The second kappa shape index (κ2) is 8.39. The number of benzene rings is 2. The SMILES string of the molecule is Cc1cc(CC(=O)CS(=O)(=O)c2cn(Cc3cccc(Br)c3F)c3ccccc23)no1. The van der Waals surface area contributed by atoms with Crippen LogP contribution in [0.5, 0.6) is 0 Å². The number of aryl methyl sites for hydroxylation is 1. The zero-order valence-corrected chi connectivity index (χ0v) is 18.9. The second-order valence-corrected chi connectivity index (χ2v) is 10.1. The first kappa shape index (κ1) is 21.5. The van der Waals surface area contributed by atoms with Crippen LogP contribution in [0.4, 0.5) is 4.39 Å². The first-order valence-corrected chi connectivity index (χ1v) is 11.9. The van der Waals surface area contributed by atoms with Gasteiger partial charge in [-0.3, -0.25) is 4.79 Å². The average Bonchev–Trinajstić information content (AvgIpc) is 3.29. The van der Waals surface area contributed by atoms with Crippen LogP contribution in [0.1, 0.15) is 17.0 Å². The summed E-state index contributed by atoms with van der Waals surface area (Å²) >= 11 is 3.17. The van der Waals surface area contributed by atoms with Gasteiger partial charge in [0.15, 0.2) is 15.6 Å². The van der Waals surface area contributed by atoms with Gasteiger partial charge in [0.2, 0.25) is 0 Å². The van der Waals surface area contributed by atoms with Crippen molar-refractivity contribution in [2.24, 2.45) is 0 Å². The van der Waals surface area contributed by atoms with Gasteiger partial charge in [-0.15, -0.1) is 0 Å². The number of rotatable bonds is 7. The number of halogens is 2. The Hall–Kier alpha value is -2.78. The molecule has 0 radical (unpaired) electrons. The summed E-state index contributed by atoms with van der Waals surface area (Å²) < 4.78 is 47.6. The fraction of sp³-hybridized carbons (Fsp3) is 0.182. The second-order valence-electron chi connectivity index (χ2n) is 7.25. The van der Waals surface area contributed by atoms with Crippen molar-refractivity contribution in [2.75, 3.05) is 5.75 Å². The molecule has 0 fully saturated rings. The number of carbonyl (C=O) groups excluding carboxylic acids is 1. The van der Waals surface area contributed by atoms with Crippen LogP contribution in [0.2, 0.25) is 0 Å². The molecule has 0 bridgehead atoms. The lowest BCUT2D eigenvalue weighted by Gasteiger charge is -2.07. The highest BCUT2D eigenvalue weighted by atomic mass is 79.9. The summed E-state index contributed by atoms with van der Waals surface area (Å²) in [6, 6.07) is 13.5. The maximum absolute atomic E-state index is 14.5. The van der Waals surface area contributed by atoms with Gasteiger partial charge >= 0.3 is 0 Å². The van der Waals surface area contributed by atoms with E-state index in [1.165, 1.54) is 6.20 Å². The third-order valence-corrected chi connectivity index (χ3v) is 7.18. The van der Waals surface area contributed by atoms with Gasteiger partial charge in [0, 0.05) is 28.7 Å². The van der Waals surface area contributed by atoms with Crippen LogP contribution in [0, 0.1) is 12.7 Å². The zero-order valence-electron chi connectivity index (χ0n) is 16.5. The summed E-state index contributed by atoms with van der Waals surface area (Å²) in [4.78, 5) is 12.4. The molecule has 0 N–H and O–H groups in total. The fourth-order valence-corrected chi connectivity index (χ4v) is 5.37. The van der Waals surface area contributed by atoms with Crippen LogP contribution in [0.15, 0.2) is 68.6 Å². The summed E-state index contributed by atoms with van der Waals surface area (Å²) in [7, 11) is -3.92. The number of para-hydroxylation sites is 1. The molecule has 2 aromatic carbocycles. The Bertz CT molecular complexity index is 1390. The maximum atomic E-state index is 14.5. The molecule has 0 aliphatic heterocycles. The molecule has 2 heterocycles. The number of sulfone groups is 1. The first-order chi connectivity index (χ1) is 14.7. The summed E-state index contributed by atoms with van der Waals surface area (Å²) in [6.07, 6.45) is 1.34. The van der Waals surface area contributed by atoms with Crippen molar-refractivity contribution in [3.05, 3.63) is 82.0 Å². The number of Topliss-reactive ketones (excluding diaryl/α,β-unsaturated/α-hetero) is 1. The largest absolute Gasteiger partial charge is 0.361 e. The van der Waals surface area contributed by atoms with E-state index in [9.17, 15) is 17.6 Å². The molecular formula is C22H18BrFN2O4S. The molecule has 0 amide bonds. The van der Waals surface area contributed by atoms with Gasteiger partial charge in [-0.1, -0.05) is 35.5 Å². The number of carbonyl (C=O) groups is 1. The average molecular weight is 505 g/mol. The van der Waals surface area contributed by atoms with Gasteiger partial charge in [-0.05, 0) is 35.0 Å². The molecule has 6 nitrogen and oxygen atoms in total. The minimum Gasteiger partial charge on any atom is -0.361 e. The van der Waals surface area contributed by atoms with Gasteiger partial charge in [0.05, 0.1) is 28.0 Å². The molecule has 2 aromatic heterocycles. The number of fused-ring (bicyclic) bond motifs is 1. The van der Waals surface area contributed by atoms with Crippen LogP contribution in [-0.2, 0) is 27.6 Å². The third-order valence-electron chi connectivity index (χ3n) is 4.87. The normalized spacial score (nSPS) is 11.8. The van der Waals surface area contributed by atoms with Gasteiger partial charge in [0.25, 0.3) is 0 Å². The highest BCUT2D eigenvalue weighted by Crippen LogP contribution is 2.28. The Morgan fingerprint density at radius 2 is 1.97 bits per heavy atom. The first-order valence-electron chi connectivity index (χ1n) is 9.42. The van der Waals surface area contributed by atoms with E-state index in [0.29, 0.717) is 32.4 Å². The van der Waals surface area contributed by atoms with Crippen LogP contribution in [0.3, 0.4) is 0 Å². The number of aromatic nitrogens is 2. The van der Waals surface area contributed by atoms with E-state index in [4.69, 9.17) is 4.52 Å². The summed E-state index contributed by atoms with van der Waals surface area (Å²) in [5, 5.41) is 4.23. The minimum atomic E-state index is -3.92. The van der Waals surface area contributed by atoms with Crippen LogP contribution in [-0.4, -0.2) is 29.7 Å². The lowest BCUT2D eigenvalue weighted by molar-refractivity contribution is -0.116. The molecule has 160 valence electrons. The van der Waals surface area contributed by atoms with Gasteiger partial charge < -0.3 is 9.09 Å². The van der Waals surface area contributed by atoms with Crippen LogP contribution in [0.25, 0.3) is 10.9 Å². The maximum Gasteiger partial charge on any atom is 0.187 e. The van der Waals surface area contributed by atoms with Crippen molar-refractivity contribution >= 4 is 42.5 Å². The van der Waals surface area contributed by atoms with Crippen molar-refractivity contribution in [3.63, 3.8) is 0 Å². The van der Waals surface area contributed by atoms with Crippen LogP contribution < -0.4 is 0 Å². The van der Waals surface area contributed by atoms with Crippen molar-refractivity contribution in [3.8, 4) is 0 Å². The van der Waals surface area contributed by atoms with E-state index >= 15 is 0 Å². The Morgan fingerprint density at radius 1 is 1.19 bits per heavy atom. The molecule has 4 aromatic rings. The third kappa shape index (κ3) is 4.47. The quantitative estimate of drug-likeness (QED) is 0.370. The van der Waals surface area contributed by atoms with Crippen molar-refractivity contribution < 1.29 is 22.1 Å². The molecule has 0 spiro atoms. The highest BCUT2D eigenvalue weighted by Gasteiger charge is 2.25. The Balaban J connectivity index is 1.67. The van der Waals surface area contributed by atoms with Crippen LogP contribution >= 0.6 is 15.9 Å². The predicted molar refractivity (Wildman–Crippen MR) is 117 cm³/mol. The van der Waals surface area contributed by atoms with E-state index in [1.54, 1.807) is 60.0 Å². The van der Waals surface area contributed by atoms with E-state index in [1.807, 2.05) is 0 Å². The summed E-state index contributed by atoms with van der Waals surface area (Å²) in [5.41, 5.74) is 1.45. The fourth-order valence-electron chi connectivity index (χ4n) is 3.49. The molecule has 0 aliphatic rings. The molecule has 0 saturated heterocycles. The molecule has 0 saturated carbocycles. The lowest BCUT2D eigenvalue weighted by Crippen LogP contribution is -2.18. The van der Waals surface area contributed by atoms with Crippen molar-refractivity contribution in [1.29, 1.82) is 0 Å². The van der Waals surface area contributed by atoms with E-state index in [0.717, 1.165) is 0 Å². The van der Waals surface area contributed by atoms with E-state index < -0.39 is 27.2 Å². The molecule has 31 heavy (non-hydrogen) atoms. The van der Waals surface area contributed by atoms with E-state index in [2.05, 4.69) is 21.1 Å². The van der Waals surface area contributed by atoms with Gasteiger partial charge in [0.1, 0.15) is 17.3 Å². The summed E-state index contributed by atoms with van der Waals surface area (Å²) in [5.74, 6) is -0.988. The van der Waals surface area contributed by atoms with Gasteiger partial charge in [-0.25, -0.2) is 12.8 Å². The number of hydrogen-bond donors (Lipinski definition) is 0. The molecule has 0 aliphatic carbocycles. The predicted octanol–water partition coefficient (Wildman–Crippen LogP) is 4.47. The Kier molecular flexibility index (Phi) is 5.81. The highest BCUT2D eigenvalue weighted by molar-refractivity contribution is 9.10. The minimum absolute atomic E-state index is 0.0446. The number of hydrogen-bond acceptors (Lipinski definition) is 5. The Morgan fingerprint density at radius 3 is 2.71 bits per heavy atom. The smallest absolute Gasteiger partial charge is 0.187 e. The molecule has 0 unspecified atom stereocenters. The molecule has 9 heteroatoms. The Labute approximate surface area is 186 Å². The molecule has 4 rings (SSSR count). The van der Waals surface area contributed by atoms with E-state index in [-0.39, 0.29) is 17.9 Å². The lowest BCUT2D eigenvalue weighted by atomic mass is 10.2. The number of nitrogens with zero attached hydrogens (tertiary/aromatic N) is 2. The zero-order chi connectivity index (χ0) is 22.2. The summed E-state index contributed by atoms with van der Waals surface area (Å²) in [6.45, 7) is 1.84. The standard InChI is InChI=1S/C22H18BrFN2O4S/c1-14-9-16(25-30-14)10-17(27)13-31(28,29)21-12-26(20-8-3-2-6-18(20)21)11-15-5-4-7-19(23)22(15)24/h2-9,12H,10-11,13H2,1H3. The van der Waals surface area contributed by atoms with Crippen molar-refractivity contribution in [2.45, 2.75) is 24.8 Å². The van der Waals surface area contributed by atoms with Gasteiger partial charge in [-0.2, -0.15) is 0 Å². The monoisotopic (exact) mass is 504 g/mol. The van der Waals surface area contributed by atoms with Crippen molar-refractivity contribution in [1.82, 2.24) is 9.72 Å². The number of ketones is 1. The molecular weight excluding hydrogens is 487 g/mol.